The van der Waals surface area contributed by atoms with Crippen molar-refractivity contribution in [3.05, 3.63) is 0 Å². The summed E-state index contributed by atoms with van der Waals surface area (Å²) in [6, 6.07) is 3.17. The van der Waals surface area contributed by atoms with Crippen LogP contribution in [0.15, 0.2) is 0 Å². The summed E-state index contributed by atoms with van der Waals surface area (Å²) in [7, 11) is 0. The van der Waals surface area contributed by atoms with E-state index in [-0.39, 0.29) is 5.54 Å². The van der Waals surface area contributed by atoms with Crippen molar-refractivity contribution in [3.63, 3.8) is 0 Å². The SMILES string of the molecule is CCNC1(C#N)CCC(N2CCCC(C(C)(C)C)CC2)C1. The van der Waals surface area contributed by atoms with Crippen molar-refractivity contribution in [3.8, 4) is 6.07 Å². The lowest BCUT2D eigenvalue weighted by Gasteiger charge is -2.31. The van der Waals surface area contributed by atoms with E-state index in [0.717, 1.165) is 25.3 Å². The first-order chi connectivity index (χ1) is 9.90. The first-order valence-corrected chi connectivity index (χ1v) is 8.80. The molecular weight excluding hydrogens is 258 g/mol. The molecule has 2 fully saturated rings. The summed E-state index contributed by atoms with van der Waals surface area (Å²) >= 11 is 0. The number of nitriles is 1. The van der Waals surface area contributed by atoms with Crippen LogP contribution < -0.4 is 5.32 Å². The van der Waals surface area contributed by atoms with E-state index in [4.69, 9.17) is 0 Å². The zero-order chi connectivity index (χ0) is 15.5. The van der Waals surface area contributed by atoms with Gasteiger partial charge in [-0.1, -0.05) is 27.7 Å². The third-order valence-corrected chi connectivity index (χ3v) is 5.72. The Morgan fingerprint density at radius 3 is 2.62 bits per heavy atom. The van der Waals surface area contributed by atoms with Gasteiger partial charge in [0.25, 0.3) is 0 Å². The number of nitrogens with one attached hydrogen (secondary N) is 1. The third kappa shape index (κ3) is 3.99. The Hall–Kier alpha value is -0.590. The fourth-order valence-electron chi connectivity index (χ4n) is 4.32. The predicted octanol–water partition coefficient (Wildman–Crippen LogP) is 3.56. The van der Waals surface area contributed by atoms with Crippen LogP contribution in [-0.4, -0.2) is 36.1 Å². The van der Waals surface area contributed by atoms with Gasteiger partial charge in [0.2, 0.25) is 0 Å². The van der Waals surface area contributed by atoms with Gasteiger partial charge < -0.3 is 4.90 Å². The Balaban J connectivity index is 1.94. The number of nitrogens with zero attached hydrogens (tertiary/aromatic N) is 2. The molecule has 120 valence electrons. The molecule has 0 amide bonds. The molecule has 1 saturated carbocycles. The lowest BCUT2D eigenvalue weighted by molar-refractivity contribution is 0.179. The molecule has 0 spiro atoms. The van der Waals surface area contributed by atoms with Crippen LogP contribution in [0.4, 0.5) is 0 Å². The number of likely N-dealkylation sites (tertiary alicyclic amines) is 1. The topological polar surface area (TPSA) is 39.1 Å². The zero-order valence-electron chi connectivity index (χ0n) is 14.4. The number of hydrogen-bond acceptors (Lipinski definition) is 3. The van der Waals surface area contributed by atoms with E-state index in [1.165, 1.54) is 38.8 Å². The fourth-order valence-corrected chi connectivity index (χ4v) is 4.32. The van der Waals surface area contributed by atoms with Crippen LogP contribution in [0.1, 0.15) is 66.2 Å². The van der Waals surface area contributed by atoms with Crippen LogP contribution in [-0.2, 0) is 0 Å². The molecule has 2 aliphatic rings. The van der Waals surface area contributed by atoms with Crippen LogP contribution in [0.25, 0.3) is 0 Å². The highest BCUT2D eigenvalue weighted by atomic mass is 15.2. The first kappa shape index (κ1) is 16.8. The second-order valence-electron chi connectivity index (χ2n) is 8.15. The minimum Gasteiger partial charge on any atom is -0.300 e. The molecule has 0 aromatic carbocycles. The molecule has 3 unspecified atom stereocenters. The summed E-state index contributed by atoms with van der Waals surface area (Å²) in [5.74, 6) is 0.846. The highest BCUT2D eigenvalue weighted by molar-refractivity contribution is 5.13. The molecule has 0 aromatic heterocycles. The van der Waals surface area contributed by atoms with Gasteiger partial charge in [-0.3, -0.25) is 5.32 Å². The van der Waals surface area contributed by atoms with Crippen molar-refractivity contribution < 1.29 is 0 Å². The molecule has 0 radical (unpaired) electrons. The molecule has 21 heavy (non-hydrogen) atoms. The Kier molecular flexibility index (Phi) is 5.33. The highest BCUT2D eigenvalue weighted by Gasteiger charge is 2.41. The Labute approximate surface area is 131 Å². The lowest BCUT2D eigenvalue weighted by atomic mass is 9.77. The summed E-state index contributed by atoms with van der Waals surface area (Å²) in [4.78, 5) is 2.68. The van der Waals surface area contributed by atoms with E-state index >= 15 is 0 Å². The Morgan fingerprint density at radius 2 is 2.00 bits per heavy atom. The standard InChI is InChI=1S/C18H33N3/c1-5-20-18(14-19)10-8-16(13-18)21-11-6-7-15(9-12-21)17(2,3)4/h15-16,20H,5-13H2,1-4H3. The normalized spacial score (nSPS) is 35.4. The van der Waals surface area contributed by atoms with Gasteiger partial charge in [0.15, 0.2) is 0 Å². The van der Waals surface area contributed by atoms with Gasteiger partial charge in [0, 0.05) is 6.04 Å². The first-order valence-electron chi connectivity index (χ1n) is 8.80. The average molecular weight is 291 g/mol. The summed E-state index contributed by atoms with van der Waals surface area (Å²) < 4.78 is 0. The van der Waals surface area contributed by atoms with Crippen LogP contribution in [0.2, 0.25) is 0 Å². The van der Waals surface area contributed by atoms with Crippen molar-refractivity contribution in [2.24, 2.45) is 11.3 Å². The Morgan fingerprint density at radius 1 is 1.24 bits per heavy atom. The molecule has 1 aliphatic carbocycles. The van der Waals surface area contributed by atoms with Gasteiger partial charge in [-0.25, -0.2) is 0 Å². The lowest BCUT2D eigenvalue weighted by Crippen LogP contribution is -2.44. The minimum absolute atomic E-state index is 0.255. The molecule has 1 saturated heterocycles. The van der Waals surface area contributed by atoms with Crippen molar-refractivity contribution in [2.75, 3.05) is 19.6 Å². The second-order valence-corrected chi connectivity index (χ2v) is 8.15. The summed E-state index contributed by atoms with van der Waals surface area (Å²) in [5, 5.41) is 13.0. The van der Waals surface area contributed by atoms with Gasteiger partial charge in [-0.05, 0) is 69.5 Å². The van der Waals surface area contributed by atoms with Crippen molar-refractivity contribution in [2.45, 2.75) is 77.8 Å². The van der Waals surface area contributed by atoms with E-state index in [1.54, 1.807) is 0 Å². The maximum atomic E-state index is 9.54. The van der Waals surface area contributed by atoms with Crippen molar-refractivity contribution in [1.82, 2.24) is 10.2 Å². The third-order valence-electron chi connectivity index (χ3n) is 5.72. The van der Waals surface area contributed by atoms with Gasteiger partial charge in [0.05, 0.1) is 6.07 Å². The van der Waals surface area contributed by atoms with Crippen molar-refractivity contribution >= 4 is 0 Å². The number of hydrogen-bond donors (Lipinski definition) is 1. The predicted molar refractivity (Wildman–Crippen MR) is 88.0 cm³/mol. The fraction of sp³-hybridized carbons (Fsp3) is 0.944. The maximum absolute atomic E-state index is 9.54. The molecule has 3 atom stereocenters. The second kappa shape index (κ2) is 6.67. The summed E-state index contributed by atoms with van der Waals surface area (Å²) in [6.45, 7) is 12.6. The summed E-state index contributed by atoms with van der Waals surface area (Å²) in [6.07, 6.45) is 7.21. The largest absolute Gasteiger partial charge is 0.300 e. The zero-order valence-corrected chi connectivity index (χ0v) is 14.4. The quantitative estimate of drug-likeness (QED) is 0.864. The average Bonchev–Trinajstić information content (AvgIpc) is 2.68. The van der Waals surface area contributed by atoms with Gasteiger partial charge in [0.1, 0.15) is 5.54 Å². The van der Waals surface area contributed by atoms with E-state index in [1.807, 2.05) is 0 Å². The van der Waals surface area contributed by atoms with E-state index in [0.29, 0.717) is 11.5 Å². The number of rotatable bonds is 3. The monoisotopic (exact) mass is 291 g/mol. The van der Waals surface area contributed by atoms with Crippen LogP contribution in [0.3, 0.4) is 0 Å². The molecule has 3 nitrogen and oxygen atoms in total. The molecule has 1 heterocycles. The van der Waals surface area contributed by atoms with Gasteiger partial charge >= 0.3 is 0 Å². The minimum atomic E-state index is -0.255. The maximum Gasteiger partial charge on any atom is 0.108 e. The summed E-state index contributed by atoms with van der Waals surface area (Å²) in [5.41, 5.74) is 0.182. The molecular formula is C18H33N3. The van der Waals surface area contributed by atoms with Gasteiger partial charge in [-0.2, -0.15) is 5.26 Å². The molecule has 0 bridgehead atoms. The molecule has 2 rings (SSSR count). The Bertz CT molecular complexity index is 379. The van der Waals surface area contributed by atoms with Crippen LogP contribution in [0.5, 0.6) is 0 Å². The van der Waals surface area contributed by atoms with E-state index < -0.39 is 0 Å². The van der Waals surface area contributed by atoms with Crippen LogP contribution >= 0.6 is 0 Å². The molecule has 1 N–H and O–H groups in total. The molecule has 0 aromatic rings. The van der Waals surface area contributed by atoms with Gasteiger partial charge in [-0.15, -0.1) is 0 Å². The van der Waals surface area contributed by atoms with Crippen molar-refractivity contribution in [1.29, 1.82) is 5.26 Å². The smallest absolute Gasteiger partial charge is 0.108 e. The highest BCUT2D eigenvalue weighted by Crippen LogP contribution is 2.37. The molecule has 1 aliphatic heterocycles. The van der Waals surface area contributed by atoms with E-state index in [9.17, 15) is 5.26 Å². The van der Waals surface area contributed by atoms with E-state index in [2.05, 4.69) is 44.0 Å². The van der Waals surface area contributed by atoms with Crippen LogP contribution in [0, 0.1) is 22.7 Å². The molecule has 3 heteroatoms.